The summed E-state index contributed by atoms with van der Waals surface area (Å²) in [6.07, 6.45) is 1.13. The third kappa shape index (κ3) is 4.93. The van der Waals surface area contributed by atoms with Gasteiger partial charge < -0.3 is 15.5 Å². The molecule has 0 radical (unpaired) electrons. The number of thioether (sulfide) groups is 1. The number of amides is 2. The van der Waals surface area contributed by atoms with Crippen LogP contribution in [0.25, 0.3) is 0 Å². The summed E-state index contributed by atoms with van der Waals surface area (Å²) >= 11 is 1.91. The zero-order valence-corrected chi connectivity index (χ0v) is 13.7. The van der Waals surface area contributed by atoms with E-state index < -0.39 is 0 Å². The predicted molar refractivity (Wildman–Crippen MR) is 91.1 cm³/mol. The number of carbonyl (C=O) groups excluding carboxylic acids is 1. The highest BCUT2D eigenvalue weighted by atomic mass is 32.2. The number of hydrogen-bond donors (Lipinski definition) is 2. The van der Waals surface area contributed by atoms with Crippen molar-refractivity contribution < 1.29 is 4.79 Å². The molecule has 1 unspecified atom stereocenters. The van der Waals surface area contributed by atoms with Crippen molar-refractivity contribution in [1.29, 1.82) is 0 Å². The smallest absolute Gasteiger partial charge is 0.321 e. The van der Waals surface area contributed by atoms with Crippen LogP contribution in [0, 0.1) is 0 Å². The van der Waals surface area contributed by atoms with Gasteiger partial charge in [0.25, 0.3) is 0 Å². The second-order valence-corrected chi connectivity index (χ2v) is 6.55. The summed E-state index contributed by atoms with van der Waals surface area (Å²) < 4.78 is 0. The van der Waals surface area contributed by atoms with Crippen molar-refractivity contribution in [3.63, 3.8) is 0 Å². The quantitative estimate of drug-likeness (QED) is 0.877. The normalized spacial score (nSPS) is 16.6. The van der Waals surface area contributed by atoms with E-state index >= 15 is 0 Å². The van der Waals surface area contributed by atoms with E-state index in [9.17, 15) is 4.79 Å². The first-order chi connectivity index (χ1) is 10.2. The number of rotatable bonds is 5. The van der Waals surface area contributed by atoms with Crippen LogP contribution in [0.4, 0.5) is 10.5 Å². The summed E-state index contributed by atoms with van der Waals surface area (Å²) in [7, 11) is 0. The average molecular weight is 307 g/mol. The van der Waals surface area contributed by atoms with Gasteiger partial charge in [-0.3, -0.25) is 0 Å². The molecule has 0 spiro atoms. The number of hydrogen-bond acceptors (Lipinski definition) is 3. The van der Waals surface area contributed by atoms with Crippen LogP contribution in [-0.2, 0) is 0 Å². The van der Waals surface area contributed by atoms with Gasteiger partial charge in [0.15, 0.2) is 0 Å². The standard InChI is InChI=1S/C16H25N3OS/c1-3-8-17-13(2)14-4-6-15(7-5-14)18-16(20)19-9-11-21-12-10-19/h4-7,13,17H,3,8-12H2,1-2H3,(H,18,20). The molecule has 4 nitrogen and oxygen atoms in total. The molecular formula is C16H25N3OS. The zero-order valence-electron chi connectivity index (χ0n) is 12.9. The lowest BCUT2D eigenvalue weighted by molar-refractivity contribution is 0.217. The molecule has 5 heteroatoms. The minimum atomic E-state index is 0.0141. The molecule has 21 heavy (non-hydrogen) atoms. The van der Waals surface area contributed by atoms with E-state index in [1.807, 2.05) is 28.8 Å². The largest absolute Gasteiger partial charge is 0.323 e. The summed E-state index contributed by atoms with van der Waals surface area (Å²) in [6.45, 7) is 7.03. The van der Waals surface area contributed by atoms with Gasteiger partial charge >= 0.3 is 6.03 Å². The van der Waals surface area contributed by atoms with Gasteiger partial charge in [0.05, 0.1) is 0 Å². The minimum Gasteiger partial charge on any atom is -0.323 e. The van der Waals surface area contributed by atoms with E-state index in [2.05, 4.69) is 36.6 Å². The Morgan fingerprint density at radius 1 is 1.29 bits per heavy atom. The lowest BCUT2D eigenvalue weighted by Crippen LogP contribution is -2.40. The fourth-order valence-corrected chi connectivity index (χ4v) is 3.21. The maximum atomic E-state index is 12.1. The molecule has 0 aromatic heterocycles. The van der Waals surface area contributed by atoms with Crippen LogP contribution in [0.1, 0.15) is 31.9 Å². The van der Waals surface area contributed by atoms with Crippen molar-refractivity contribution in [3.05, 3.63) is 29.8 Å². The predicted octanol–water partition coefficient (Wildman–Crippen LogP) is 3.33. The van der Waals surface area contributed by atoms with Gasteiger partial charge in [0, 0.05) is 36.3 Å². The molecule has 2 rings (SSSR count). The van der Waals surface area contributed by atoms with Crippen molar-refractivity contribution in [3.8, 4) is 0 Å². The molecule has 1 aromatic carbocycles. The van der Waals surface area contributed by atoms with Gasteiger partial charge in [-0.25, -0.2) is 4.79 Å². The molecule has 1 fully saturated rings. The van der Waals surface area contributed by atoms with Gasteiger partial charge in [0.1, 0.15) is 0 Å². The van der Waals surface area contributed by atoms with Crippen molar-refractivity contribution in [1.82, 2.24) is 10.2 Å². The molecule has 2 amide bonds. The van der Waals surface area contributed by atoms with Crippen LogP contribution in [-0.4, -0.2) is 42.1 Å². The second kappa shape index (κ2) is 8.29. The fraction of sp³-hybridized carbons (Fsp3) is 0.562. The van der Waals surface area contributed by atoms with Crippen LogP contribution < -0.4 is 10.6 Å². The van der Waals surface area contributed by atoms with E-state index in [4.69, 9.17) is 0 Å². The molecule has 1 aromatic rings. The zero-order chi connectivity index (χ0) is 15.1. The van der Waals surface area contributed by atoms with E-state index in [0.29, 0.717) is 6.04 Å². The van der Waals surface area contributed by atoms with Crippen molar-refractivity contribution in [2.75, 3.05) is 36.5 Å². The minimum absolute atomic E-state index is 0.0141. The first-order valence-electron chi connectivity index (χ1n) is 7.67. The lowest BCUT2D eigenvalue weighted by Gasteiger charge is -2.26. The summed E-state index contributed by atoms with van der Waals surface area (Å²) in [6, 6.07) is 8.48. The molecule has 1 aliphatic rings. The van der Waals surface area contributed by atoms with Crippen molar-refractivity contribution >= 4 is 23.5 Å². The number of nitrogens with one attached hydrogen (secondary N) is 2. The van der Waals surface area contributed by atoms with Gasteiger partial charge in [-0.15, -0.1) is 0 Å². The van der Waals surface area contributed by atoms with Crippen molar-refractivity contribution in [2.24, 2.45) is 0 Å². The molecule has 1 aliphatic heterocycles. The molecular weight excluding hydrogens is 282 g/mol. The second-order valence-electron chi connectivity index (χ2n) is 5.33. The van der Waals surface area contributed by atoms with E-state index in [-0.39, 0.29) is 6.03 Å². The molecule has 1 heterocycles. The molecule has 0 saturated carbocycles. The van der Waals surface area contributed by atoms with Crippen molar-refractivity contribution in [2.45, 2.75) is 26.3 Å². The molecule has 1 atom stereocenters. The Hall–Kier alpha value is -1.20. The maximum absolute atomic E-state index is 12.1. The highest BCUT2D eigenvalue weighted by Gasteiger charge is 2.16. The topological polar surface area (TPSA) is 44.4 Å². The van der Waals surface area contributed by atoms with Crippen LogP contribution >= 0.6 is 11.8 Å². The maximum Gasteiger partial charge on any atom is 0.321 e. The van der Waals surface area contributed by atoms with Gasteiger partial charge in [0.2, 0.25) is 0 Å². The van der Waals surface area contributed by atoms with Gasteiger partial charge in [-0.05, 0) is 37.6 Å². The lowest BCUT2D eigenvalue weighted by atomic mass is 10.1. The number of anilines is 1. The van der Waals surface area contributed by atoms with Crippen LogP contribution in [0.3, 0.4) is 0 Å². The number of carbonyl (C=O) groups is 1. The third-order valence-corrected chi connectivity index (χ3v) is 4.60. The van der Waals surface area contributed by atoms with Crippen LogP contribution in [0.2, 0.25) is 0 Å². The van der Waals surface area contributed by atoms with Gasteiger partial charge in [-0.2, -0.15) is 11.8 Å². The Morgan fingerprint density at radius 2 is 1.95 bits per heavy atom. The summed E-state index contributed by atoms with van der Waals surface area (Å²) in [5.74, 6) is 2.07. The molecule has 0 bridgehead atoms. The first kappa shape index (κ1) is 16.2. The third-order valence-electron chi connectivity index (χ3n) is 3.66. The molecule has 1 saturated heterocycles. The highest BCUT2D eigenvalue weighted by molar-refractivity contribution is 7.99. The number of nitrogens with zero attached hydrogens (tertiary/aromatic N) is 1. The SMILES string of the molecule is CCCNC(C)c1ccc(NC(=O)N2CCSCC2)cc1. The fourth-order valence-electron chi connectivity index (χ4n) is 2.30. The molecule has 116 valence electrons. The van der Waals surface area contributed by atoms with E-state index in [1.54, 1.807) is 0 Å². The Balaban J connectivity index is 1.88. The Bertz CT molecular complexity index is 443. The number of urea groups is 1. The first-order valence-corrected chi connectivity index (χ1v) is 8.83. The van der Waals surface area contributed by atoms with E-state index in [1.165, 1.54) is 5.56 Å². The number of benzene rings is 1. The van der Waals surface area contributed by atoms with Crippen LogP contribution in [0.15, 0.2) is 24.3 Å². The Labute approximate surface area is 131 Å². The Kier molecular flexibility index (Phi) is 6.39. The summed E-state index contributed by atoms with van der Waals surface area (Å²) in [5.41, 5.74) is 2.11. The summed E-state index contributed by atoms with van der Waals surface area (Å²) in [5, 5.41) is 6.44. The average Bonchev–Trinajstić information content (AvgIpc) is 2.54. The van der Waals surface area contributed by atoms with Crippen LogP contribution in [0.5, 0.6) is 0 Å². The highest BCUT2D eigenvalue weighted by Crippen LogP contribution is 2.17. The molecule has 2 N–H and O–H groups in total. The molecule has 0 aliphatic carbocycles. The monoisotopic (exact) mass is 307 g/mol. The van der Waals surface area contributed by atoms with E-state index in [0.717, 1.165) is 43.2 Å². The summed E-state index contributed by atoms with van der Waals surface area (Å²) in [4.78, 5) is 14.0. The van der Waals surface area contributed by atoms with Gasteiger partial charge in [-0.1, -0.05) is 19.1 Å². The Morgan fingerprint density at radius 3 is 2.57 bits per heavy atom.